The highest BCUT2D eigenvalue weighted by Crippen LogP contribution is 2.24. The van der Waals surface area contributed by atoms with Crippen molar-refractivity contribution < 1.29 is 24.2 Å². The Hall–Kier alpha value is -2.67. The second-order valence-electron chi connectivity index (χ2n) is 5.13. The zero-order valence-electron chi connectivity index (χ0n) is 13.0. The van der Waals surface area contributed by atoms with Crippen LogP contribution in [-0.2, 0) is 14.3 Å². The smallest absolute Gasteiger partial charge is 0.337 e. The minimum atomic E-state index is -0.624. The molecular weight excluding hydrogens is 300 g/mol. The summed E-state index contributed by atoms with van der Waals surface area (Å²) in [6.07, 6.45) is 0.679. The van der Waals surface area contributed by atoms with E-state index in [0.717, 1.165) is 5.56 Å². The number of methoxy groups -OCH3 is 1. The Bertz CT molecular complexity index is 681. The fourth-order valence-electron chi connectivity index (χ4n) is 2.38. The predicted molar refractivity (Wildman–Crippen MR) is 82.9 cm³/mol. The highest BCUT2D eigenvalue weighted by Gasteiger charge is 2.34. The number of hydrogen-bond donors (Lipinski definition) is 2. The monoisotopic (exact) mass is 318 g/mol. The lowest BCUT2D eigenvalue weighted by molar-refractivity contribution is -0.136. The highest BCUT2D eigenvalue weighted by atomic mass is 16.5. The minimum absolute atomic E-state index is 0.0523. The number of esters is 1. The Labute approximate surface area is 133 Å². The number of carbonyl (C=O) groups is 3. The number of rotatable bonds is 6. The number of carbonyl (C=O) groups excluding carboxylic acids is 3. The molecule has 0 aromatic heterocycles. The number of anilines is 1. The van der Waals surface area contributed by atoms with E-state index >= 15 is 0 Å². The quantitative estimate of drug-likeness (QED) is 0.585. The summed E-state index contributed by atoms with van der Waals surface area (Å²) in [5, 5.41) is 11.9. The molecule has 0 saturated carbocycles. The van der Waals surface area contributed by atoms with E-state index in [2.05, 4.69) is 5.32 Å². The molecule has 0 unspecified atom stereocenters. The van der Waals surface area contributed by atoms with Crippen LogP contribution >= 0.6 is 0 Å². The molecule has 0 saturated heterocycles. The van der Waals surface area contributed by atoms with Gasteiger partial charge in [-0.25, -0.2) is 4.79 Å². The molecule has 122 valence electrons. The molecule has 0 aliphatic carbocycles. The number of β-amino-alcohol motifs (C(OH)–C–C–N with tert-alkyl or cyclic N) is 1. The normalized spacial score (nSPS) is 14.2. The summed E-state index contributed by atoms with van der Waals surface area (Å²) in [5.41, 5.74) is 1.96. The molecule has 0 bridgehead atoms. The van der Waals surface area contributed by atoms with Crippen molar-refractivity contribution in [2.45, 2.75) is 6.92 Å². The van der Waals surface area contributed by atoms with E-state index in [1.807, 2.05) is 6.92 Å². The van der Waals surface area contributed by atoms with Crippen molar-refractivity contribution >= 4 is 23.9 Å². The first kappa shape index (κ1) is 16.7. The van der Waals surface area contributed by atoms with Gasteiger partial charge >= 0.3 is 5.97 Å². The van der Waals surface area contributed by atoms with Gasteiger partial charge in [0.1, 0.15) is 5.70 Å². The van der Waals surface area contributed by atoms with Crippen LogP contribution < -0.4 is 5.32 Å². The first-order chi connectivity index (χ1) is 11.0. The molecule has 1 aromatic rings. The lowest BCUT2D eigenvalue weighted by Gasteiger charge is -2.15. The molecule has 0 radical (unpaired) electrons. The van der Waals surface area contributed by atoms with Crippen LogP contribution in [0.5, 0.6) is 0 Å². The molecule has 2 rings (SSSR count). The van der Waals surface area contributed by atoms with Crippen LogP contribution in [0.4, 0.5) is 5.69 Å². The van der Waals surface area contributed by atoms with Gasteiger partial charge in [-0.2, -0.15) is 0 Å². The van der Waals surface area contributed by atoms with E-state index in [1.54, 1.807) is 18.2 Å². The molecule has 0 spiro atoms. The summed E-state index contributed by atoms with van der Waals surface area (Å²) in [5.74, 6) is -1.04. The third kappa shape index (κ3) is 3.40. The van der Waals surface area contributed by atoms with Crippen molar-refractivity contribution in [2.24, 2.45) is 0 Å². The number of nitrogens with zero attached hydrogens (tertiary/aromatic N) is 1. The van der Waals surface area contributed by atoms with Crippen LogP contribution in [0.2, 0.25) is 0 Å². The van der Waals surface area contributed by atoms with Crippen molar-refractivity contribution in [3.05, 3.63) is 40.6 Å². The number of aliphatic hydroxyl groups is 1. The highest BCUT2D eigenvalue weighted by molar-refractivity contribution is 6.09. The lowest BCUT2D eigenvalue weighted by Crippen LogP contribution is -2.31. The largest absolute Gasteiger partial charge is 0.466 e. The second kappa shape index (κ2) is 7.06. The van der Waals surface area contributed by atoms with E-state index in [9.17, 15) is 14.4 Å². The summed E-state index contributed by atoms with van der Waals surface area (Å²) < 4.78 is 4.70. The summed E-state index contributed by atoms with van der Waals surface area (Å²) in [7, 11) is 1.23. The van der Waals surface area contributed by atoms with Gasteiger partial charge in [0.05, 0.1) is 25.8 Å². The topological polar surface area (TPSA) is 95.9 Å². The SMILES string of the molecule is COC(=O)C1=C(Nc2ccc(C)cc2C=O)C(=O)N(CCO)C1. The molecule has 23 heavy (non-hydrogen) atoms. The van der Waals surface area contributed by atoms with Gasteiger partial charge < -0.3 is 20.1 Å². The summed E-state index contributed by atoms with van der Waals surface area (Å²) in [4.78, 5) is 36.8. The summed E-state index contributed by atoms with van der Waals surface area (Å²) >= 11 is 0. The molecule has 1 aliphatic rings. The Morgan fingerprint density at radius 1 is 1.48 bits per heavy atom. The van der Waals surface area contributed by atoms with E-state index in [4.69, 9.17) is 9.84 Å². The number of nitrogens with one attached hydrogen (secondary N) is 1. The molecule has 1 heterocycles. The van der Waals surface area contributed by atoms with Crippen LogP contribution in [0.1, 0.15) is 15.9 Å². The zero-order chi connectivity index (χ0) is 17.0. The fourth-order valence-corrected chi connectivity index (χ4v) is 2.38. The number of amides is 1. The van der Waals surface area contributed by atoms with Crippen LogP contribution in [0, 0.1) is 6.92 Å². The third-order valence-corrected chi connectivity index (χ3v) is 3.55. The van der Waals surface area contributed by atoms with Crippen LogP contribution in [-0.4, -0.2) is 55.0 Å². The Kier molecular flexibility index (Phi) is 5.13. The number of hydrogen-bond acceptors (Lipinski definition) is 6. The molecule has 0 atom stereocenters. The predicted octanol–water partition coefficient (Wildman–Crippen LogP) is 0.481. The molecular formula is C16H18N2O5. The number of benzene rings is 1. The van der Waals surface area contributed by atoms with E-state index in [1.165, 1.54) is 12.0 Å². The Morgan fingerprint density at radius 3 is 2.83 bits per heavy atom. The van der Waals surface area contributed by atoms with Gasteiger partial charge in [-0.3, -0.25) is 9.59 Å². The van der Waals surface area contributed by atoms with Gasteiger partial charge in [0, 0.05) is 17.8 Å². The van der Waals surface area contributed by atoms with Crippen molar-refractivity contribution in [3.8, 4) is 0 Å². The fraction of sp³-hybridized carbons (Fsp3) is 0.312. The van der Waals surface area contributed by atoms with Crippen molar-refractivity contribution in [1.29, 1.82) is 0 Å². The first-order valence-corrected chi connectivity index (χ1v) is 7.06. The number of aryl methyl sites for hydroxylation is 1. The van der Waals surface area contributed by atoms with E-state index in [0.29, 0.717) is 17.5 Å². The number of aliphatic hydroxyl groups excluding tert-OH is 1. The summed E-state index contributed by atoms with van der Waals surface area (Å²) in [6, 6.07) is 5.14. The molecule has 1 amide bonds. The first-order valence-electron chi connectivity index (χ1n) is 7.06. The third-order valence-electron chi connectivity index (χ3n) is 3.55. The molecule has 1 aromatic carbocycles. The van der Waals surface area contributed by atoms with E-state index in [-0.39, 0.29) is 31.0 Å². The van der Waals surface area contributed by atoms with Gasteiger partial charge in [0.2, 0.25) is 0 Å². The average Bonchev–Trinajstić information content (AvgIpc) is 2.85. The minimum Gasteiger partial charge on any atom is -0.466 e. The Morgan fingerprint density at radius 2 is 2.22 bits per heavy atom. The van der Waals surface area contributed by atoms with E-state index < -0.39 is 11.9 Å². The second-order valence-corrected chi connectivity index (χ2v) is 5.13. The molecule has 0 fully saturated rings. The number of aldehydes is 1. The standard InChI is InChI=1S/C16H18N2O5/c1-10-3-4-13(11(7-10)9-20)17-14-12(16(22)23-2)8-18(5-6-19)15(14)21/h3-4,7,9,17,19H,5-6,8H2,1-2H3. The average molecular weight is 318 g/mol. The molecule has 7 nitrogen and oxygen atoms in total. The molecule has 2 N–H and O–H groups in total. The van der Waals surface area contributed by atoms with Crippen LogP contribution in [0.15, 0.2) is 29.5 Å². The van der Waals surface area contributed by atoms with Gasteiger partial charge in [-0.15, -0.1) is 0 Å². The maximum Gasteiger partial charge on any atom is 0.337 e. The van der Waals surface area contributed by atoms with Gasteiger partial charge in [0.25, 0.3) is 5.91 Å². The van der Waals surface area contributed by atoms with Gasteiger partial charge in [-0.1, -0.05) is 11.6 Å². The lowest BCUT2D eigenvalue weighted by atomic mass is 10.1. The van der Waals surface area contributed by atoms with Crippen molar-refractivity contribution in [1.82, 2.24) is 4.90 Å². The molecule has 1 aliphatic heterocycles. The maximum absolute atomic E-state index is 12.4. The summed E-state index contributed by atoms with van der Waals surface area (Å²) in [6.45, 7) is 1.80. The van der Waals surface area contributed by atoms with Crippen LogP contribution in [0.3, 0.4) is 0 Å². The Balaban J connectivity index is 2.39. The molecule has 7 heteroatoms. The van der Waals surface area contributed by atoms with Gasteiger partial charge in [-0.05, 0) is 19.1 Å². The maximum atomic E-state index is 12.4. The van der Waals surface area contributed by atoms with Crippen LogP contribution in [0.25, 0.3) is 0 Å². The van der Waals surface area contributed by atoms with Crippen molar-refractivity contribution in [3.63, 3.8) is 0 Å². The number of ether oxygens (including phenoxy) is 1. The zero-order valence-corrected chi connectivity index (χ0v) is 13.0. The van der Waals surface area contributed by atoms with Gasteiger partial charge in [0.15, 0.2) is 6.29 Å². The van der Waals surface area contributed by atoms with Crippen molar-refractivity contribution in [2.75, 3.05) is 32.1 Å².